The van der Waals surface area contributed by atoms with Crippen LogP contribution in [0.15, 0.2) is 48.0 Å². The first-order chi connectivity index (χ1) is 8.66. The standard InChI is InChI=1S/C14H13NO2S/c1-10-4-5-12(16)11(9-10)15-7-6-13(17)14-3-2-8-18-14/h2-9,15-16H,1H3. The van der Waals surface area contributed by atoms with E-state index in [1.54, 1.807) is 12.1 Å². The van der Waals surface area contributed by atoms with Gasteiger partial charge in [0.2, 0.25) is 0 Å². The van der Waals surface area contributed by atoms with Crippen molar-refractivity contribution in [3.05, 3.63) is 58.4 Å². The van der Waals surface area contributed by atoms with Crippen LogP contribution >= 0.6 is 11.3 Å². The fourth-order valence-electron chi connectivity index (χ4n) is 1.47. The number of nitrogens with one attached hydrogen (secondary N) is 1. The smallest absolute Gasteiger partial charge is 0.197 e. The number of anilines is 1. The summed E-state index contributed by atoms with van der Waals surface area (Å²) in [5.74, 6) is 0.110. The molecule has 0 spiro atoms. The third kappa shape index (κ3) is 2.99. The molecule has 0 bridgehead atoms. The van der Waals surface area contributed by atoms with Crippen molar-refractivity contribution in [2.75, 3.05) is 5.32 Å². The van der Waals surface area contributed by atoms with Crippen molar-refractivity contribution in [3.63, 3.8) is 0 Å². The number of rotatable bonds is 4. The lowest BCUT2D eigenvalue weighted by Crippen LogP contribution is -1.94. The van der Waals surface area contributed by atoms with E-state index >= 15 is 0 Å². The van der Waals surface area contributed by atoms with Crippen molar-refractivity contribution in [2.45, 2.75) is 6.92 Å². The Morgan fingerprint density at radius 1 is 1.39 bits per heavy atom. The number of aromatic hydroxyl groups is 1. The van der Waals surface area contributed by atoms with Crippen LogP contribution in [-0.2, 0) is 0 Å². The molecule has 92 valence electrons. The Morgan fingerprint density at radius 3 is 2.94 bits per heavy atom. The number of carbonyl (C=O) groups excluding carboxylic acids is 1. The topological polar surface area (TPSA) is 49.3 Å². The lowest BCUT2D eigenvalue weighted by Gasteiger charge is -2.04. The lowest BCUT2D eigenvalue weighted by atomic mass is 10.2. The predicted molar refractivity (Wildman–Crippen MR) is 74.3 cm³/mol. The van der Waals surface area contributed by atoms with Gasteiger partial charge >= 0.3 is 0 Å². The van der Waals surface area contributed by atoms with E-state index in [2.05, 4.69) is 5.32 Å². The molecule has 1 aromatic heterocycles. The number of phenols is 1. The van der Waals surface area contributed by atoms with Gasteiger partial charge in [0.1, 0.15) is 5.75 Å². The zero-order valence-corrected chi connectivity index (χ0v) is 10.7. The minimum atomic E-state index is -0.0513. The molecule has 1 aromatic carbocycles. The SMILES string of the molecule is Cc1ccc(O)c(NC=CC(=O)c2cccs2)c1. The van der Waals surface area contributed by atoms with Gasteiger partial charge in [-0.05, 0) is 36.1 Å². The fraction of sp³-hybridized carbons (Fsp3) is 0.0714. The molecule has 4 heteroatoms. The monoisotopic (exact) mass is 259 g/mol. The van der Waals surface area contributed by atoms with Gasteiger partial charge in [-0.1, -0.05) is 12.1 Å². The molecule has 0 aliphatic rings. The molecule has 0 saturated heterocycles. The summed E-state index contributed by atoms with van der Waals surface area (Å²) in [6.07, 6.45) is 2.99. The van der Waals surface area contributed by atoms with Gasteiger partial charge in [0, 0.05) is 12.3 Å². The number of allylic oxidation sites excluding steroid dienone is 1. The molecule has 0 fully saturated rings. The molecule has 0 saturated carbocycles. The zero-order chi connectivity index (χ0) is 13.0. The van der Waals surface area contributed by atoms with E-state index < -0.39 is 0 Å². The van der Waals surface area contributed by atoms with Crippen molar-refractivity contribution in [3.8, 4) is 5.75 Å². The Kier molecular flexibility index (Phi) is 3.79. The molecule has 18 heavy (non-hydrogen) atoms. The summed E-state index contributed by atoms with van der Waals surface area (Å²) < 4.78 is 0. The summed E-state index contributed by atoms with van der Waals surface area (Å²) in [6, 6.07) is 8.87. The van der Waals surface area contributed by atoms with E-state index in [-0.39, 0.29) is 11.5 Å². The molecule has 2 rings (SSSR count). The Balaban J connectivity index is 2.03. The van der Waals surface area contributed by atoms with Gasteiger partial charge in [0.15, 0.2) is 5.78 Å². The van der Waals surface area contributed by atoms with Gasteiger partial charge in [0.25, 0.3) is 0 Å². The van der Waals surface area contributed by atoms with Crippen molar-refractivity contribution in [2.24, 2.45) is 0 Å². The third-order valence-electron chi connectivity index (χ3n) is 2.39. The Hall–Kier alpha value is -2.07. The van der Waals surface area contributed by atoms with Crippen LogP contribution in [0.5, 0.6) is 5.75 Å². The maximum Gasteiger partial charge on any atom is 0.197 e. The van der Waals surface area contributed by atoms with Crippen LogP contribution in [-0.4, -0.2) is 10.9 Å². The largest absolute Gasteiger partial charge is 0.506 e. The summed E-state index contributed by atoms with van der Waals surface area (Å²) in [6.45, 7) is 1.94. The average molecular weight is 259 g/mol. The van der Waals surface area contributed by atoms with Gasteiger partial charge in [-0.25, -0.2) is 0 Å². The van der Waals surface area contributed by atoms with E-state index in [4.69, 9.17) is 0 Å². The normalized spacial score (nSPS) is 10.7. The van der Waals surface area contributed by atoms with Crippen molar-refractivity contribution in [1.29, 1.82) is 0 Å². The third-order valence-corrected chi connectivity index (χ3v) is 3.27. The van der Waals surface area contributed by atoms with Crippen LogP contribution in [0.25, 0.3) is 0 Å². The number of hydrogen-bond donors (Lipinski definition) is 2. The molecule has 0 aliphatic heterocycles. The first-order valence-corrected chi connectivity index (χ1v) is 6.35. The first-order valence-electron chi connectivity index (χ1n) is 5.47. The molecule has 0 unspecified atom stereocenters. The fourth-order valence-corrected chi connectivity index (χ4v) is 2.12. The van der Waals surface area contributed by atoms with E-state index in [0.717, 1.165) is 5.56 Å². The van der Waals surface area contributed by atoms with E-state index in [1.807, 2.05) is 30.5 Å². The van der Waals surface area contributed by atoms with Crippen molar-refractivity contribution >= 4 is 22.8 Å². The highest BCUT2D eigenvalue weighted by Crippen LogP contribution is 2.23. The van der Waals surface area contributed by atoms with Crippen LogP contribution in [0.1, 0.15) is 15.2 Å². The molecule has 0 aliphatic carbocycles. The number of hydrogen-bond acceptors (Lipinski definition) is 4. The van der Waals surface area contributed by atoms with E-state index in [9.17, 15) is 9.90 Å². The van der Waals surface area contributed by atoms with E-state index in [1.165, 1.54) is 23.6 Å². The lowest BCUT2D eigenvalue weighted by molar-refractivity contribution is 0.105. The molecular weight excluding hydrogens is 246 g/mol. The Morgan fingerprint density at radius 2 is 2.22 bits per heavy atom. The van der Waals surface area contributed by atoms with Gasteiger partial charge in [0.05, 0.1) is 10.6 Å². The van der Waals surface area contributed by atoms with Crippen LogP contribution in [0.2, 0.25) is 0 Å². The van der Waals surface area contributed by atoms with Gasteiger partial charge in [-0.15, -0.1) is 11.3 Å². The second kappa shape index (κ2) is 5.51. The zero-order valence-electron chi connectivity index (χ0n) is 9.88. The Bertz CT molecular complexity index is 573. The summed E-state index contributed by atoms with van der Waals surface area (Å²) in [4.78, 5) is 12.4. The second-order valence-electron chi connectivity index (χ2n) is 3.84. The van der Waals surface area contributed by atoms with Gasteiger partial charge in [-0.2, -0.15) is 0 Å². The van der Waals surface area contributed by atoms with Crippen molar-refractivity contribution < 1.29 is 9.90 Å². The molecule has 0 amide bonds. The number of benzene rings is 1. The summed E-state index contributed by atoms with van der Waals surface area (Å²) in [5, 5.41) is 14.4. The van der Waals surface area contributed by atoms with Crippen LogP contribution in [0, 0.1) is 6.92 Å². The minimum Gasteiger partial charge on any atom is -0.506 e. The highest BCUT2D eigenvalue weighted by atomic mass is 32.1. The molecule has 2 N–H and O–H groups in total. The van der Waals surface area contributed by atoms with Crippen LogP contribution in [0.3, 0.4) is 0 Å². The molecular formula is C14H13NO2S. The summed E-state index contributed by atoms with van der Waals surface area (Å²) >= 11 is 1.40. The van der Waals surface area contributed by atoms with Gasteiger partial charge < -0.3 is 10.4 Å². The second-order valence-corrected chi connectivity index (χ2v) is 4.79. The Labute approximate surface area is 109 Å². The van der Waals surface area contributed by atoms with Crippen LogP contribution in [0.4, 0.5) is 5.69 Å². The number of carbonyl (C=O) groups is 1. The maximum atomic E-state index is 11.7. The number of ketones is 1. The molecule has 0 atom stereocenters. The number of aryl methyl sites for hydroxylation is 1. The molecule has 1 heterocycles. The number of thiophene rings is 1. The highest BCUT2D eigenvalue weighted by molar-refractivity contribution is 7.12. The number of phenolic OH excluding ortho intramolecular Hbond substituents is 1. The molecule has 0 radical (unpaired) electrons. The molecule has 2 aromatic rings. The van der Waals surface area contributed by atoms with Gasteiger partial charge in [-0.3, -0.25) is 4.79 Å². The highest BCUT2D eigenvalue weighted by Gasteiger charge is 2.02. The first kappa shape index (κ1) is 12.4. The maximum absolute atomic E-state index is 11.7. The minimum absolute atomic E-state index is 0.0513. The van der Waals surface area contributed by atoms with Crippen LogP contribution < -0.4 is 5.32 Å². The van der Waals surface area contributed by atoms with Crippen molar-refractivity contribution in [1.82, 2.24) is 0 Å². The summed E-state index contributed by atoms with van der Waals surface area (Å²) in [5.41, 5.74) is 1.62. The molecule has 3 nitrogen and oxygen atoms in total. The quantitative estimate of drug-likeness (QED) is 0.501. The average Bonchev–Trinajstić information content (AvgIpc) is 2.87. The van der Waals surface area contributed by atoms with E-state index in [0.29, 0.717) is 10.6 Å². The summed E-state index contributed by atoms with van der Waals surface area (Å²) in [7, 11) is 0. The predicted octanol–water partition coefficient (Wildman–Crippen LogP) is 3.57.